The fourth-order valence-corrected chi connectivity index (χ4v) is 5.21. The van der Waals surface area contributed by atoms with Gasteiger partial charge in [-0.1, -0.05) is 18.5 Å². The van der Waals surface area contributed by atoms with E-state index in [1.165, 1.54) is 0 Å². The summed E-state index contributed by atoms with van der Waals surface area (Å²) in [6.45, 7) is 3.93. The molecule has 0 radical (unpaired) electrons. The number of rotatable bonds is 6. The van der Waals surface area contributed by atoms with Crippen molar-refractivity contribution in [3.8, 4) is 23.1 Å². The highest BCUT2D eigenvalue weighted by molar-refractivity contribution is 6.33. The standard InChI is InChI=1S/C27H29ClN6O3/c1-27(15-35)14-31-25-17(13-29)9-16(10-19(25)27)21-3-6-30-26(32-21)33-22-11-20(28)23(12-24(22)37-2)34-7-4-18(36)5-8-34/h3,6,9-12,18,31,35-36H,4-5,7-8,14-15H2,1-2H3,(H,30,32,33). The molecule has 2 aliphatic rings. The maximum Gasteiger partial charge on any atom is 0.227 e. The summed E-state index contributed by atoms with van der Waals surface area (Å²) < 4.78 is 5.64. The van der Waals surface area contributed by atoms with Gasteiger partial charge in [0.25, 0.3) is 0 Å². The number of nitrogens with zero attached hydrogens (tertiary/aromatic N) is 4. The van der Waals surface area contributed by atoms with E-state index in [4.69, 9.17) is 16.3 Å². The summed E-state index contributed by atoms with van der Waals surface area (Å²) in [5.74, 6) is 0.941. The molecule has 3 heterocycles. The Kier molecular flexibility index (Phi) is 6.82. The van der Waals surface area contributed by atoms with Crippen molar-refractivity contribution < 1.29 is 14.9 Å². The third-order valence-corrected chi connectivity index (χ3v) is 7.49. The zero-order valence-electron chi connectivity index (χ0n) is 20.8. The highest BCUT2D eigenvalue weighted by atomic mass is 35.5. The van der Waals surface area contributed by atoms with Gasteiger partial charge in [-0.05, 0) is 42.7 Å². The number of ether oxygens (including phenoxy) is 1. The van der Waals surface area contributed by atoms with Crippen LogP contribution in [-0.2, 0) is 5.41 Å². The molecule has 5 rings (SSSR count). The molecule has 1 fully saturated rings. The van der Waals surface area contributed by atoms with Crippen molar-refractivity contribution in [2.75, 3.05) is 48.9 Å². The zero-order valence-corrected chi connectivity index (χ0v) is 21.5. The highest BCUT2D eigenvalue weighted by Gasteiger charge is 2.36. The minimum atomic E-state index is -0.483. The highest BCUT2D eigenvalue weighted by Crippen LogP contribution is 2.42. The number of nitriles is 1. The lowest BCUT2D eigenvalue weighted by molar-refractivity contribution is 0.145. The van der Waals surface area contributed by atoms with E-state index in [0.29, 0.717) is 53.1 Å². The monoisotopic (exact) mass is 520 g/mol. The summed E-state index contributed by atoms with van der Waals surface area (Å²) in [6.07, 6.45) is 2.77. The van der Waals surface area contributed by atoms with E-state index < -0.39 is 5.41 Å². The summed E-state index contributed by atoms with van der Waals surface area (Å²) in [5, 5.41) is 36.6. The second kappa shape index (κ2) is 10.1. The topological polar surface area (TPSA) is 127 Å². The lowest BCUT2D eigenvalue weighted by atomic mass is 9.83. The van der Waals surface area contributed by atoms with Crippen LogP contribution in [0.4, 0.5) is 23.0 Å². The van der Waals surface area contributed by atoms with E-state index in [2.05, 4.69) is 31.6 Å². The maximum atomic E-state index is 10.00. The second-order valence-electron chi connectivity index (χ2n) is 9.74. The summed E-state index contributed by atoms with van der Waals surface area (Å²) in [6, 6.07) is 11.5. The van der Waals surface area contributed by atoms with Crippen LogP contribution in [-0.4, -0.2) is 59.6 Å². The Bertz CT molecular complexity index is 1370. The molecule has 2 aliphatic heterocycles. The quantitative estimate of drug-likeness (QED) is 0.380. The molecular weight excluding hydrogens is 492 g/mol. The van der Waals surface area contributed by atoms with Crippen molar-refractivity contribution in [3.63, 3.8) is 0 Å². The Labute approximate surface area is 220 Å². The number of fused-ring (bicyclic) bond motifs is 1. The van der Waals surface area contributed by atoms with Crippen LogP contribution in [0.25, 0.3) is 11.3 Å². The predicted molar refractivity (Wildman–Crippen MR) is 144 cm³/mol. The predicted octanol–water partition coefficient (Wildman–Crippen LogP) is 4.06. The molecule has 9 nitrogen and oxygen atoms in total. The van der Waals surface area contributed by atoms with Crippen LogP contribution in [0.15, 0.2) is 36.5 Å². The Balaban J connectivity index is 1.46. The van der Waals surface area contributed by atoms with Crippen molar-refractivity contribution in [3.05, 3.63) is 52.7 Å². The molecule has 1 unspecified atom stereocenters. The van der Waals surface area contributed by atoms with Crippen LogP contribution in [0.2, 0.25) is 5.02 Å². The average molecular weight is 521 g/mol. The minimum Gasteiger partial charge on any atom is -0.494 e. The largest absolute Gasteiger partial charge is 0.494 e. The minimum absolute atomic E-state index is 0.0353. The number of aliphatic hydroxyl groups is 2. The molecule has 37 heavy (non-hydrogen) atoms. The van der Waals surface area contributed by atoms with Gasteiger partial charge >= 0.3 is 0 Å². The smallest absolute Gasteiger partial charge is 0.227 e. The Hall–Kier alpha value is -3.58. The van der Waals surface area contributed by atoms with Crippen molar-refractivity contribution in [1.82, 2.24) is 9.97 Å². The first-order valence-corrected chi connectivity index (χ1v) is 12.6. The first-order valence-electron chi connectivity index (χ1n) is 12.2. The number of piperidine rings is 1. The van der Waals surface area contributed by atoms with Gasteiger partial charge in [0, 0.05) is 42.9 Å². The van der Waals surface area contributed by atoms with Gasteiger partial charge < -0.3 is 30.5 Å². The fraction of sp³-hybridized carbons (Fsp3) is 0.370. The number of aliphatic hydroxyl groups excluding tert-OH is 2. The third-order valence-electron chi connectivity index (χ3n) is 7.19. The van der Waals surface area contributed by atoms with E-state index in [1.807, 2.05) is 19.1 Å². The molecule has 1 saturated heterocycles. The van der Waals surface area contributed by atoms with E-state index in [0.717, 1.165) is 35.6 Å². The van der Waals surface area contributed by atoms with Crippen LogP contribution in [0, 0.1) is 11.3 Å². The molecule has 1 atom stereocenters. The first-order chi connectivity index (χ1) is 17.8. The number of hydrogen-bond acceptors (Lipinski definition) is 9. The van der Waals surface area contributed by atoms with E-state index in [1.54, 1.807) is 31.5 Å². The number of benzene rings is 2. The van der Waals surface area contributed by atoms with Crippen molar-refractivity contribution in [2.45, 2.75) is 31.3 Å². The molecule has 3 aromatic rings. The molecule has 0 aliphatic carbocycles. The molecule has 0 spiro atoms. The molecule has 10 heteroatoms. The zero-order chi connectivity index (χ0) is 26.2. The number of nitrogens with one attached hydrogen (secondary N) is 2. The van der Waals surface area contributed by atoms with Gasteiger partial charge in [-0.15, -0.1) is 0 Å². The molecular formula is C27H29ClN6O3. The molecule has 192 valence electrons. The second-order valence-corrected chi connectivity index (χ2v) is 10.2. The molecule has 2 aromatic carbocycles. The number of anilines is 4. The number of methoxy groups -OCH3 is 1. The van der Waals surface area contributed by atoms with Crippen LogP contribution in [0.1, 0.15) is 30.9 Å². The van der Waals surface area contributed by atoms with Gasteiger partial charge in [0.15, 0.2) is 0 Å². The van der Waals surface area contributed by atoms with Crippen LogP contribution >= 0.6 is 11.6 Å². The summed E-state index contributed by atoms with van der Waals surface area (Å²) in [4.78, 5) is 11.2. The molecule has 1 aromatic heterocycles. The molecule has 0 bridgehead atoms. The van der Waals surface area contributed by atoms with Crippen LogP contribution < -0.4 is 20.3 Å². The van der Waals surface area contributed by atoms with Crippen LogP contribution in [0.5, 0.6) is 5.75 Å². The summed E-state index contributed by atoms with van der Waals surface area (Å²) in [7, 11) is 1.59. The van der Waals surface area contributed by atoms with Crippen molar-refractivity contribution in [1.29, 1.82) is 5.26 Å². The van der Waals surface area contributed by atoms with Gasteiger partial charge in [0.2, 0.25) is 5.95 Å². The molecule has 4 N–H and O–H groups in total. The average Bonchev–Trinajstić information content (AvgIpc) is 3.26. The van der Waals surface area contributed by atoms with Gasteiger partial charge in [-0.2, -0.15) is 5.26 Å². The van der Waals surface area contributed by atoms with E-state index in [9.17, 15) is 15.5 Å². The van der Waals surface area contributed by atoms with Crippen molar-refractivity contribution >= 4 is 34.6 Å². The Morgan fingerprint density at radius 2 is 2.08 bits per heavy atom. The van der Waals surface area contributed by atoms with E-state index >= 15 is 0 Å². The van der Waals surface area contributed by atoms with Gasteiger partial charge in [-0.3, -0.25) is 0 Å². The lowest BCUT2D eigenvalue weighted by Crippen LogP contribution is -2.35. The number of hydrogen-bond donors (Lipinski definition) is 4. The number of halogens is 1. The van der Waals surface area contributed by atoms with Gasteiger partial charge in [0.05, 0.1) is 53.2 Å². The Morgan fingerprint density at radius 1 is 1.30 bits per heavy atom. The fourth-order valence-electron chi connectivity index (χ4n) is 4.92. The first kappa shape index (κ1) is 25.1. The SMILES string of the molecule is COc1cc(N2CCC(O)CC2)c(Cl)cc1Nc1nccc(-c2cc(C#N)c3c(c2)C(C)(CO)CN3)n1. The van der Waals surface area contributed by atoms with Crippen molar-refractivity contribution in [2.24, 2.45) is 0 Å². The van der Waals surface area contributed by atoms with Crippen LogP contribution in [0.3, 0.4) is 0 Å². The lowest BCUT2D eigenvalue weighted by Gasteiger charge is -2.32. The van der Waals surface area contributed by atoms with Gasteiger partial charge in [0.1, 0.15) is 11.8 Å². The normalized spacial score (nSPS) is 19.2. The van der Waals surface area contributed by atoms with E-state index in [-0.39, 0.29) is 12.7 Å². The summed E-state index contributed by atoms with van der Waals surface area (Å²) in [5.41, 5.74) is 4.55. The summed E-state index contributed by atoms with van der Waals surface area (Å²) >= 11 is 6.65. The van der Waals surface area contributed by atoms with Gasteiger partial charge in [-0.25, -0.2) is 9.97 Å². The molecule has 0 saturated carbocycles. The third kappa shape index (κ3) is 4.76. The Morgan fingerprint density at radius 3 is 2.78 bits per heavy atom. The molecule has 0 amide bonds. The maximum absolute atomic E-state index is 10.00. The number of aromatic nitrogens is 2.